The highest BCUT2D eigenvalue weighted by Crippen LogP contribution is 2.15. The van der Waals surface area contributed by atoms with Crippen LogP contribution >= 0.6 is 0 Å². The van der Waals surface area contributed by atoms with Gasteiger partial charge in [-0.1, -0.05) is 13.8 Å². The lowest BCUT2D eigenvalue weighted by molar-refractivity contribution is -0.120. The number of carbonyl (C=O) groups excluding carboxylic acids is 2. The van der Waals surface area contributed by atoms with Crippen LogP contribution in [-0.4, -0.2) is 28.3 Å². The largest absolute Gasteiger partial charge is 0.437 e. The highest BCUT2D eigenvalue weighted by Gasteiger charge is 2.15. The molecule has 0 aliphatic heterocycles. The molecule has 0 bridgehead atoms. The first-order valence-corrected chi connectivity index (χ1v) is 7.26. The number of urea groups is 1. The molecule has 0 fully saturated rings. The van der Waals surface area contributed by atoms with Crippen LogP contribution in [0.15, 0.2) is 33.5 Å². The Morgan fingerprint density at radius 3 is 2.58 bits per heavy atom. The Hall–Kier alpha value is -2.97. The number of hydrogen-bond acceptors (Lipinski definition) is 5. The highest BCUT2D eigenvalue weighted by molar-refractivity contribution is 5.94. The minimum atomic E-state index is -0.855. The molecule has 2 aromatic rings. The van der Waals surface area contributed by atoms with E-state index in [0.717, 1.165) is 4.68 Å². The van der Waals surface area contributed by atoms with Crippen molar-refractivity contribution in [2.45, 2.75) is 20.4 Å². The molecule has 0 spiro atoms. The van der Waals surface area contributed by atoms with Crippen molar-refractivity contribution in [3.8, 4) is 11.5 Å². The minimum Gasteiger partial charge on any atom is -0.388 e. The van der Waals surface area contributed by atoms with E-state index in [1.165, 1.54) is 24.3 Å². The number of benzene rings is 1. The topological polar surface area (TPSA) is 106 Å². The fourth-order valence-corrected chi connectivity index (χ4v) is 1.76. The average molecular weight is 336 g/mol. The second-order valence-corrected chi connectivity index (χ2v) is 5.49. The van der Waals surface area contributed by atoms with E-state index in [1.807, 2.05) is 13.8 Å². The number of carbonyl (C=O) groups is 2. The van der Waals surface area contributed by atoms with Crippen LogP contribution < -0.4 is 16.4 Å². The summed E-state index contributed by atoms with van der Waals surface area (Å²) in [5, 5.41) is 8.45. The number of amides is 3. The van der Waals surface area contributed by atoms with Crippen LogP contribution in [0.4, 0.5) is 9.18 Å². The third kappa shape index (κ3) is 4.77. The number of imide groups is 1. The van der Waals surface area contributed by atoms with E-state index in [-0.39, 0.29) is 11.8 Å². The van der Waals surface area contributed by atoms with Gasteiger partial charge >= 0.3 is 11.8 Å². The summed E-state index contributed by atoms with van der Waals surface area (Å²) in [7, 11) is 0. The molecule has 2 rings (SSSR count). The number of nitrogens with zero attached hydrogens (tertiary/aromatic N) is 2. The van der Waals surface area contributed by atoms with Crippen LogP contribution in [0.3, 0.4) is 0 Å². The van der Waals surface area contributed by atoms with Crippen molar-refractivity contribution in [1.82, 2.24) is 20.4 Å². The predicted octanol–water partition coefficient (Wildman–Crippen LogP) is 1.12. The van der Waals surface area contributed by atoms with Crippen LogP contribution in [0, 0.1) is 11.7 Å². The van der Waals surface area contributed by atoms with Crippen LogP contribution in [-0.2, 0) is 11.3 Å². The molecule has 0 atom stereocenters. The lowest BCUT2D eigenvalue weighted by atomic mass is 10.2. The first-order valence-electron chi connectivity index (χ1n) is 7.26. The maximum Gasteiger partial charge on any atom is 0.437 e. The fourth-order valence-electron chi connectivity index (χ4n) is 1.76. The molecule has 0 aliphatic carbocycles. The third-order valence-corrected chi connectivity index (χ3v) is 2.91. The van der Waals surface area contributed by atoms with E-state index in [2.05, 4.69) is 15.7 Å². The van der Waals surface area contributed by atoms with E-state index < -0.39 is 30.1 Å². The van der Waals surface area contributed by atoms with E-state index in [4.69, 9.17) is 4.42 Å². The van der Waals surface area contributed by atoms with Gasteiger partial charge in [-0.2, -0.15) is 4.68 Å². The van der Waals surface area contributed by atoms with Gasteiger partial charge in [0, 0.05) is 12.1 Å². The molecule has 0 unspecified atom stereocenters. The van der Waals surface area contributed by atoms with E-state index in [1.54, 1.807) is 0 Å². The Labute approximate surface area is 136 Å². The molecular weight excluding hydrogens is 319 g/mol. The Morgan fingerprint density at radius 2 is 1.96 bits per heavy atom. The summed E-state index contributed by atoms with van der Waals surface area (Å²) >= 11 is 0. The summed E-state index contributed by atoms with van der Waals surface area (Å²) in [4.78, 5) is 34.9. The highest BCUT2D eigenvalue weighted by atomic mass is 19.1. The van der Waals surface area contributed by atoms with Crippen LogP contribution in [0.25, 0.3) is 11.5 Å². The van der Waals surface area contributed by atoms with Crippen molar-refractivity contribution < 1.29 is 18.4 Å². The average Bonchev–Trinajstić information content (AvgIpc) is 2.86. The van der Waals surface area contributed by atoms with Crippen LogP contribution in [0.2, 0.25) is 0 Å². The van der Waals surface area contributed by atoms with Crippen LogP contribution in [0.1, 0.15) is 13.8 Å². The maximum atomic E-state index is 12.9. The van der Waals surface area contributed by atoms with Crippen molar-refractivity contribution in [2.24, 2.45) is 5.92 Å². The molecule has 1 aromatic heterocycles. The lowest BCUT2D eigenvalue weighted by Crippen LogP contribution is -2.43. The zero-order chi connectivity index (χ0) is 17.7. The number of nitrogens with one attached hydrogen (secondary N) is 2. The summed E-state index contributed by atoms with van der Waals surface area (Å²) in [6.07, 6.45) is 0. The molecule has 3 amide bonds. The van der Waals surface area contributed by atoms with Gasteiger partial charge in [-0.3, -0.25) is 10.1 Å². The number of halogens is 1. The SMILES string of the molecule is CC(C)CNC(=O)NC(=O)Cn1nc(-c2ccc(F)cc2)oc1=O. The van der Waals surface area contributed by atoms with Crippen molar-refractivity contribution in [3.63, 3.8) is 0 Å². The van der Waals surface area contributed by atoms with Crippen molar-refractivity contribution in [1.29, 1.82) is 0 Å². The molecule has 9 heteroatoms. The van der Waals surface area contributed by atoms with Gasteiger partial charge in [-0.05, 0) is 30.2 Å². The zero-order valence-electron chi connectivity index (χ0n) is 13.2. The van der Waals surface area contributed by atoms with Gasteiger partial charge in [-0.25, -0.2) is 14.0 Å². The Kier molecular flexibility index (Phi) is 5.46. The summed E-state index contributed by atoms with van der Waals surface area (Å²) in [5.41, 5.74) is 0.391. The molecule has 1 aromatic carbocycles. The first kappa shape index (κ1) is 17.4. The molecular formula is C15H17FN4O4. The molecule has 1 heterocycles. The quantitative estimate of drug-likeness (QED) is 0.851. The third-order valence-electron chi connectivity index (χ3n) is 2.91. The fraction of sp³-hybridized carbons (Fsp3) is 0.333. The van der Waals surface area contributed by atoms with Crippen molar-refractivity contribution >= 4 is 11.9 Å². The molecule has 8 nitrogen and oxygen atoms in total. The molecule has 0 saturated heterocycles. The normalized spacial score (nSPS) is 10.7. The minimum absolute atomic E-state index is 0.0444. The number of rotatable bonds is 5. The standard InChI is InChI=1S/C15H17FN4O4/c1-9(2)7-17-14(22)18-12(21)8-20-15(23)24-13(19-20)10-3-5-11(16)6-4-10/h3-6,9H,7-8H2,1-2H3,(H2,17,18,21,22). The summed E-state index contributed by atoms with van der Waals surface area (Å²) in [6.45, 7) is 3.76. The van der Waals surface area contributed by atoms with Gasteiger partial charge < -0.3 is 9.73 Å². The molecule has 0 aliphatic rings. The lowest BCUT2D eigenvalue weighted by Gasteiger charge is -2.08. The predicted molar refractivity (Wildman–Crippen MR) is 82.5 cm³/mol. The van der Waals surface area contributed by atoms with Gasteiger partial charge in [-0.15, -0.1) is 5.10 Å². The second kappa shape index (κ2) is 7.53. The smallest absolute Gasteiger partial charge is 0.388 e. The Balaban J connectivity index is 2.00. The first-order chi connectivity index (χ1) is 11.3. The van der Waals surface area contributed by atoms with Gasteiger partial charge in [0.05, 0.1) is 0 Å². The maximum absolute atomic E-state index is 12.9. The van der Waals surface area contributed by atoms with Gasteiger partial charge in [0.2, 0.25) is 11.8 Å². The Bertz CT molecular complexity index is 780. The summed E-state index contributed by atoms with van der Waals surface area (Å²) in [6, 6.07) is 4.53. The van der Waals surface area contributed by atoms with E-state index >= 15 is 0 Å². The second-order valence-electron chi connectivity index (χ2n) is 5.49. The van der Waals surface area contributed by atoms with E-state index in [0.29, 0.717) is 12.1 Å². The molecule has 24 heavy (non-hydrogen) atoms. The molecule has 2 N–H and O–H groups in total. The number of hydrogen-bond donors (Lipinski definition) is 2. The molecule has 0 saturated carbocycles. The molecule has 0 radical (unpaired) electrons. The number of aromatic nitrogens is 2. The van der Waals surface area contributed by atoms with Gasteiger partial charge in [0.25, 0.3) is 0 Å². The van der Waals surface area contributed by atoms with Crippen molar-refractivity contribution in [3.05, 3.63) is 40.6 Å². The summed E-state index contributed by atoms with van der Waals surface area (Å²) < 4.78 is 18.6. The van der Waals surface area contributed by atoms with Crippen molar-refractivity contribution in [2.75, 3.05) is 6.54 Å². The monoisotopic (exact) mass is 336 g/mol. The van der Waals surface area contributed by atoms with E-state index in [9.17, 15) is 18.8 Å². The summed E-state index contributed by atoms with van der Waals surface area (Å²) in [5.74, 6) is -1.81. The molecule has 128 valence electrons. The Morgan fingerprint density at radius 1 is 1.29 bits per heavy atom. The van der Waals surface area contributed by atoms with Crippen LogP contribution in [0.5, 0.6) is 0 Å². The zero-order valence-corrected chi connectivity index (χ0v) is 13.2. The van der Waals surface area contributed by atoms with Gasteiger partial charge in [0.1, 0.15) is 12.4 Å². The van der Waals surface area contributed by atoms with Gasteiger partial charge in [0.15, 0.2) is 0 Å².